The summed E-state index contributed by atoms with van der Waals surface area (Å²) < 4.78 is 7.75. The molecule has 0 radical (unpaired) electrons. The van der Waals surface area contributed by atoms with E-state index in [2.05, 4.69) is 53.5 Å². The van der Waals surface area contributed by atoms with E-state index in [1.807, 2.05) is 51.1 Å². The van der Waals surface area contributed by atoms with Crippen LogP contribution in [-0.2, 0) is 17.6 Å². The molecule has 4 heterocycles. The molecule has 5 aromatic rings. The highest BCUT2D eigenvalue weighted by Crippen LogP contribution is 2.45. The normalized spacial score (nSPS) is 14.2. The van der Waals surface area contributed by atoms with Crippen molar-refractivity contribution in [2.45, 2.75) is 66.4 Å². The Balaban J connectivity index is 0.000000616. The van der Waals surface area contributed by atoms with E-state index in [4.69, 9.17) is 31.5 Å². The minimum Gasteiger partial charge on any atom is -0.490 e. The number of aliphatic hydroxyl groups is 1. The van der Waals surface area contributed by atoms with Crippen molar-refractivity contribution in [1.82, 2.24) is 14.6 Å². The largest absolute Gasteiger partial charge is 0.490 e. The van der Waals surface area contributed by atoms with Gasteiger partial charge in [-0.05, 0) is 75.4 Å². The molecule has 49 heavy (non-hydrogen) atoms. The molecule has 0 aliphatic carbocycles. The number of allylic oxidation sites excluding steroid dienone is 1. The van der Waals surface area contributed by atoms with Gasteiger partial charge in [-0.1, -0.05) is 80.1 Å². The lowest BCUT2D eigenvalue weighted by Crippen LogP contribution is -2.33. The second-order valence-corrected chi connectivity index (χ2v) is 13.3. The number of hydrogen-bond acceptors (Lipinski definition) is 6. The lowest BCUT2D eigenvalue weighted by Gasteiger charge is -2.32. The maximum absolute atomic E-state index is 12.0. The second-order valence-electron chi connectivity index (χ2n) is 12.9. The van der Waals surface area contributed by atoms with E-state index < -0.39 is 11.6 Å². The van der Waals surface area contributed by atoms with Crippen LogP contribution in [0.4, 0.5) is 5.69 Å². The molecule has 0 saturated carbocycles. The fourth-order valence-corrected chi connectivity index (χ4v) is 6.43. The van der Waals surface area contributed by atoms with E-state index in [9.17, 15) is 9.90 Å². The predicted octanol–water partition coefficient (Wildman–Crippen LogP) is 8.82. The topological polar surface area (TPSA) is 100 Å². The second kappa shape index (κ2) is 15.3. The molecule has 0 fully saturated rings. The average molecular weight is 681 g/mol. The predicted molar refractivity (Wildman–Crippen MR) is 199 cm³/mol. The molecule has 3 aromatic carbocycles. The molecule has 0 saturated heterocycles. The van der Waals surface area contributed by atoms with Gasteiger partial charge in [-0.2, -0.15) is 5.10 Å². The van der Waals surface area contributed by atoms with Gasteiger partial charge in [0.25, 0.3) is 0 Å². The third-order valence-electron chi connectivity index (χ3n) is 8.06. The van der Waals surface area contributed by atoms with Crippen molar-refractivity contribution < 1.29 is 19.7 Å². The van der Waals surface area contributed by atoms with E-state index in [0.717, 1.165) is 35.3 Å². The molecule has 7 rings (SSSR count). The summed E-state index contributed by atoms with van der Waals surface area (Å²) in [6, 6.07) is 22.7. The fourth-order valence-electron chi connectivity index (χ4n) is 6.06. The Morgan fingerprint density at radius 1 is 0.980 bits per heavy atom. The van der Waals surface area contributed by atoms with Gasteiger partial charge in [-0.15, -0.1) is 0 Å². The maximum Gasteiger partial charge on any atom is 0.307 e. The molecule has 9 heteroatoms. The number of aliphatic carboxylic acids is 1. The first kappa shape index (κ1) is 35.6. The number of nitrogens with zero attached hydrogens (tertiary/aromatic N) is 4. The van der Waals surface area contributed by atoms with Crippen molar-refractivity contribution in [3.05, 3.63) is 101 Å². The van der Waals surface area contributed by atoms with E-state index in [-0.39, 0.29) is 6.42 Å². The van der Waals surface area contributed by atoms with E-state index in [1.165, 1.54) is 11.1 Å². The van der Waals surface area contributed by atoms with E-state index >= 15 is 0 Å². The van der Waals surface area contributed by atoms with Crippen molar-refractivity contribution in [1.29, 1.82) is 0 Å². The fraction of sp³-hybridized carbons (Fsp3) is 0.325. The Kier molecular flexibility index (Phi) is 11.1. The van der Waals surface area contributed by atoms with Crippen LogP contribution in [0.3, 0.4) is 0 Å². The number of carbonyl (C=O) groups is 1. The first-order valence-electron chi connectivity index (χ1n) is 16.9. The number of benzene rings is 3. The molecule has 8 nitrogen and oxygen atoms in total. The van der Waals surface area contributed by atoms with Gasteiger partial charge in [0.05, 0.1) is 40.7 Å². The minimum atomic E-state index is -0.946. The molecular weight excluding hydrogens is 636 g/mol. The van der Waals surface area contributed by atoms with Crippen LogP contribution in [0.5, 0.6) is 5.75 Å². The van der Waals surface area contributed by atoms with Gasteiger partial charge < -0.3 is 19.8 Å². The number of carboxylic acids is 1. The number of rotatable bonds is 2. The van der Waals surface area contributed by atoms with Crippen LogP contribution >= 0.6 is 11.6 Å². The summed E-state index contributed by atoms with van der Waals surface area (Å²) in [7, 11) is 0. The van der Waals surface area contributed by atoms with Crippen LogP contribution in [0.1, 0.15) is 57.9 Å². The molecule has 6 bridgehead atoms. The lowest BCUT2D eigenvalue weighted by atomic mass is 9.95. The highest BCUT2D eigenvalue weighted by molar-refractivity contribution is 6.36. The number of hydrogen-bond donors (Lipinski definition) is 2. The molecule has 0 atom stereocenters. The van der Waals surface area contributed by atoms with Gasteiger partial charge in [-0.3, -0.25) is 4.79 Å². The SMILES string of the molecule is CC.CC(C)(C)O.Cc1nc2cc3nn2c(c1CC(=O)O)-c1ccc2c(c1Cl)N(C/C=C\CCc1ccccc1-c1cccc-3c1)CCO2. The number of halogens is 1. The number of anilines is 1. The number of fused-ring (bicyclic) bond motifs is 8. The average Bonchev–Trinajstić information content (AvgIpc) is 3.49. The van der Waals surface area contributed by atoms with Crippen molar-refractivity contribution in [2.24, 2.45) is 0 Å². The molecule has 2 aliphatic heterocycles. The third-order valence-corrected chi connectivity index (χ3v) is 8.45. The van der Waals surface area contributed by atoms with Gasteiger partial charge >= 0.3 is 5.97 Å². The summed E-state index contributed by atoms with van der Waals surface area (Å²) in [5, 5.41) is 23.9. The Bertz CT molecular complexity index is 1990. The highest BCUT2D eigenvalue weighted by atomic mass is 35.5. The van der Waals surface area contributed by atoms with Crippen LogP contribution in [0.15, 0.2) is 78.9 Å². The number of carboxylic acid groups (broad SMARTS) is 1. The van der Waals surface area contributed by atoms with Gasteiger partial charge in [0.15, 0.2) is 5.65 Å². The smallest absolute Gasteiger partial charge is 0.307 e. The summed E-state index contributed by atoms with van der Waals surface area (Å²) in [5.41, 5.74) is 8.78. The zero-order valence-corrected chi connectivity index (χ0v) is 29.9. The molecule has 2 aliphatic rings. The Labute approximate surface area is 293 Å². The molecule has 0 spiro atoms. The summed E-state index contributed by atoms with van der Waals surface area (Å²) in [4.78, 5) is 19.0. The van der Waals surface area contributed by atoms with Gasteiger partial charge in [0.2, 0.25) is 0 Å². The number of ether oxygens (including phenoxy) is 1. The Hall–Kier alpha value is -4.66. The highest BCUT2D eigenvalue weighted by Gasteiger charge is 2.27. The van der Waals surface area contributed by atoms with Crippen molar-refractivity contribution in [2.75, 3.05) is 24.6 Å². The third kappa shape index (κ3) is 8.15. The minimum absolute atomic E-state index is 0.206. The summed E-state index contributed by atoms with van der Waals surface area (Å²) in [6.45, 7) is 13.0. The molecule has 2 N–H and O–H groups in total. The van der Waals surface area contributed by atoms with Gasteiger partial charge in [0, 0.05) is 35.0 Å². The van der Waals surface area contributed by atoms with Crippen LogP contribution in [-0.4, -0.2) is 56.1 Å². The maximum atomic E-state index is 12.0. The Morgan fingerprint density at radius 3 is 2.47 bits per heavy atom. The lowest BCUT2D eigenvalue weighted by molar-refractivity contribution is -0.136. The zero-order chi connectivity index (χ0) is 35.3. The monoisotopic (exact) mass is 680 g/mol. The summed E-state index contributed by atoms with van der Waals surface area (Å²) >= 11 is 7.21. The number of aryl methyl sites for hydroxylation is 2. The first-order valence-corrected chi connectivity index (χ1v) is 17.2. The van der Waals surface area contributed by atoms with Crippen LogP contribution < -0.4 is 9.64 Å². The van der Waals surface area contributed by atoms with Gasteiger partial charge in [-0.25, -0.2) is 9.50 Å². The zero-order valence-electron chi connectivity index (χ0n) is 29.1. The van der Waals surface area contributed by atoms with Crippen molar-refractivity contribution in [3.8, 4) is 39.4 Å². The molecule has 0 unspecified atom stereocenters. The Morgan fingerprint density at radius 2 is 1.71 bits per heavy atom. The number of aromatic nitrogens is 3. The molecule has 256 valence electrons. The van der Waals surface area contributed by atoms with Crippen LogP contribution in [0, 0.1) is 6.92 Å². The van der Waals surface area contributed by atoms with Crippen LogP contribution in [0.2, 0.25) is 5.02 Å². The quantitative estimate of drug-likeness (QED) is 0.180. The van der Waals surface area contributed by atoms with E-state index in [0.29, 0.717) is 58.6 Å². The van der Waals surface area contributed by atoms with Gasteiger partial charge in [0.1, 0.15) is 12.4 Å². The van der Waals surface area contributed by atoms with Crippen LogP contribution in [0.25, 0.3) is 39.3 Å². The summed E-state index contributed by atoms with van der Waals surface area (Å²) in [6.07, 6.45) is 6.05. The molecular formula is C40H45ClN4O4. The summed E-state index contributed by atoms with van der Waals surface area (Å²) in [5.74, 6) is -0.232. The standard InChI is InChI=1S/C34H29ClN4O3.C4H10O.C2H6/c1-21-27(19-31(40)41)33-26-13-14-29-34(32(26)35)38(16-17-42-29)15-6-2-3-8-22-9-4-5-12-25(22)23-10-7-11-24(18-23)28-20-30(36-21)39(33)37-28;1-4(2,3)5;1-2/h2,4-7,9-14,18,20H,3,8,15-17,19H2,1H3,(H,40,41);5H,1-3H3;1-2H3/b6-2-;;. The first-order chi connectivity index (χ1) is 23.5. The van der Waals surface area contributed by atoms with Crippen molar-refractivity contribution in [3.63, 3.8) is 0 Å². The molecule has 0 amide bonds. The van der Waals surface area contributed by atoms with Crippen molar-refractivity contribution >= 4 is 28.9 Å². The molecule has 2 aromatic heterocycles. The van der Waals surface area contributed by atoms with E-state index in [1.54, 1.807) is 25.3 Å².